The number of methoxy groups -OCH3 is 1. The Morgan fingerprint density at radius 1 is 1.24 bits per heavy atom. The summed E-state index contributed by atoms with van der Waals surface area (Å²) in [6.07, 6.45) is 7.96. The van der Waals surface area contributed by atoms with E-state index in [9.17, 15) is 4.79 Å². The van der Waals surface area contributed by atoms with Crippen molar-refractivity contribution in [3.8, 4) is 0 Å². The van der Waals surface area contributed by atoms with Gasteiger partial charge < -0.3 is 20.7 Å². The molecule has 1 amide bonds. The molecule has 7 nitrogen and oxygen atoms in total. The molecule has 2 fully saturated rings. The number of nitrogens with one attached hydrogen (secondary N) is 1. The van der Waals surface area contributed by atoms with E-state index in [1.54, 1.807) is 7.11 Å². The van der Waals surface area contributed by atoms with Crippen molar-refractivity contribution in [1.82, 2.24) is 10.3 Å². The highest BCUT2D eigenvalue weighted by Gasteiger charge is 2.33. The maximum absolute atomic E-state index is 13.1. The number of rotatable bonds is 6. The Labute approximate surface area is 196 Å². The van der Waals surface area contributed by atoms with Gasteiger partial charge in [-0.2, -0.15) is 4.99 Å². The predicted molar refractivity (Wildman–Crippen MR) is 134 cm³/mol. The number of pyridine rings is 1. The highest BCUT2D eigenvalue weighted by Crippen LogP contribution is 2.29. The van der Waals surface area contributed by atoms with Crippen LogP contribution in [0, 0.1) is 6.92 Å². The number of carbonyl (C=O) groups is 1. The number of fused-ring (bicyclic) bond motifs is 1. The lowest BCUT2D eigenvalue weighted by atomic mass is 9.92. The molecule has 4 rings (SSSR count). The van der Waals surface area contributed by atoms with Crippen molar-refractivity contribution in [2.75, 3.05) is 25.1 Å². The summed E-state index contributed by atoms with van der Waals surface area (Å²) in [4.78, 5) is 24.3. The monoisotopic (exact) mass is 451 g/mol. The van der Waals surface area contributed by atoms with E-state index in [2.05, 4.69) is 15.2 Å². The van der Waals surface area contributed by atoms with E-state index in [0.717, 1.165) is 29.4 Å². The number of amides is 1. The first-order valence-corrected chi connectivity index (χ1v) is 12.3. The first-order chi connectivity index (χ1) is 16.0. The predicted octanol–water partition coefficient (Wildman–Crippen LogP) is 3.97. The third-order valence-corrected chi connectivity index (χ3v) is 7.00. The summed E-state index contributed by atoms with van der Waals surface area (Å²) in [6.45, 7) is 5.41. The first kappa shape index (κ1) is 23.6. The number of ether oxygens (including phenoxy) is 1. The van der Waals surface area contributed by atoms with Gasteiger partial charge in [0, 0.05) is 44.1 Å². The maximum Gasteiger partial charge on any atom is 0.282 e. The van der Waals surface area contributed by atoms with Crippen molar-refractivity contribution in [3.63, 3.8) is 0 Å². The van der Waals surface area contributed by atoms with Crippen LogP contribution in [0.3, 0.4) is 0 Å². The number of nitrogens with two attached hydrogens (primary N) is 1. The lowest BCUT2D eigenvalue weighted by molar-refractivity contribution is 0.0533. The van der Waals surface area contributed by atoms with Crippen molar-refractivity contribution in [2.45, 2.75) is 77.0 Å². The molecule has 1 aromatic carbocycles. The van der Waals surface area contributed by atoms with Gasteiger partial charge in [-0.1, -0.05) is 37.8 Å². The minimum absolute atomic E-state index is 0.0309. The van der Waals surface area contributed by atoms with E-state index in [1.165, 1.54) is 32.1 Å². The Balaban J connectivity index is 1.62. The van der Waals surface area contributed by atoms with E-state index in [-0.39, 0.29) is 12.0 Å². The van der Waals surface area contributed by atoms with Gasteiger partial charge in [0.15, 0.2) is 0 Å². The second kappa shape index (κ2) is 10.6. The molecule has 2 aliphatic rings. The quantitative estimate of drug-likeness (QED) is 0.510. The minimum atomic E-state index is -0.336. The zero-order valence-electron chi connectivity index (χ0n) is 20.1. The number of hydrogen-bond donors (Lipinski definition) is 2. The van der Waals surface area contributed by atoms with Gasteiger partial charge in [-0.15, -0.1) is 0 Å². The fraction of sp³-hybridized carbons (Fsp3) is 0.577. The minimum Gasteiger partial charge on any atom is -0.387 e. The van der Waals surface area contributed by atoms with Crippen molar-refractivity contribution in [2.24, 2.45) is 10.7 Å². The standard InChI is InChI=1S/C26H37N5O2/c1-4-24(27)30-26(32)20-15-18-14-17(2)10-11-21(18)29-25(20)31-13-12-22(23(16-31)33-3)28-19-8-6-5-7-9-19/h10-11,14-15,19,22-23,28H,4-9,12-13,16H2,1-3H3,(H2,27,30,32)/t22-,23+/m0/s1. The smallest absolute Gasteiger partial charge is 0.282 e. The maximum atomic E-state index is 13.1. The SMILES string of the molecule is CCC(N)=NC(=O)c1cc2cc(C)ccc2nc1N1CC[C@H](NC2CCCCC2)[C@H](OC)C1. The second-order valence-corrected chi connectivity index (χ2v) is 9.43. The van der Waals surface area contributed by atoms with Gasteiger partial charge >= 0.3 is 0 Å². The molecule has 0 radical (unpaired) electrons. The van der Waals surface area contributed by atoms with Gasteiger partial charge in [-0.25, -0.2) is 4.98 Å². The molecule has 33 heavy (non-hydrogen) atoms. The molecule has 0 bridgehead atoms. The summed E-state index contributed by atoms with van der Waals surface area (Å²) < 4.78 is 5.92. The summed E-state index contributed by atoms with van der Waals surface area (Å²) in [5.41, 5.74) is 8.39. The summed E-state index contributed by atoms with van der Waals surface area (Å²) in [5, 5.41) is 4.80. The topological polar surface area (TPSA) is 92.8 Å². The number of amidine groups is 1. The summed E-state index contributed by atoms with van der Waals surface area (Å²) in [7, 11) is 1.78. The van der Waals surface area contributed by atoms with E-state index in [1.807, 2.05) is 38.1 Å². The van der Waals surface area contributed by atoms with Gasteiger partial charge in [0.1, 0.15) is 11.7 Å². The van der Waals surface area contributed by atoms with Crippen LogP contribution in [0.2, 0.25) is 0 Å². The van der Waals surface area contributed by atoms with Crippen LogP contribution >= 0.6 is 0 Å². The molecule has 1 saturated carbocycles. The molecule has 0 spiro atoms. The van der Waals surface area contributed by atoms with Crippen LogP contribution in [0.25, 0.3) is 10.9 Å². The lowest BCUT2D eigenvalue weighted by Crippen LogP contribution is -2.56. The summed E-state index contributed by atoms with van der Waals surface area (Å²) in [6, 6.07) is 8.91. The number of anilines is 1. The van der Waals surface area contributed by atoms with Gasteiger partial charge in [-0.3, -0.25) is 4.79 Å². The average Bonchev–Trinajstić information content (AvgIpc) is 2.84. The van der Waals surface area contributed by atoms with Crippen LogP contribution in [0.4, 0.5) is 5.82 Å². The first-order valence-electron chi connectivity index (χ1n) is 12.3. The number of benzene rings is 1. The molecule has 2 heterocycles. The highest BCUT2D eigenvalue weighted by atomic mass is 16.5. The Morgan fingerprint density at radius 2 is 2.03 bits per heavy atom. The van der Waals surface area contributed by atoms with Gasteiger partial charge in [-0.05, 0) is 44.4 Å². The van der Waals surface area contributed by atoms with E-state index in [4.69, 9.17) is 15.5 Å². The van der Waals surface area contributed by atoms with Crippen molar-refractivity contribution < 1.29 is 9.53 Å². The third kappa shape index (κ3) is 5.53. The molecule has 1 saturated heterocycles. The van der Waals surface area contributed by atoms with Crippen LogP contribution in [0.15, 0.2) is 29.3 Å². The number of aryl methyl sites for hydroxylation is 1. The Morgan fingerprint density at radius 3 is 2.76 bits per heavy atom. The number of aromatic nitrogens is 1. The molecular weight excluding hydrogens is 414 g/mol. The largest absolute Gasteiger partial charge is 0.387 e. The highest BCUT2D eigenvalue weighted by molar-refractivity contribution is 6.07. The van der Waals surface area contributed by atoms with Crippen LogP contribution in [0.1, 0.15) is 67.8 Å². The second-order valence-electron chi connectivity index (χ2n) is 9.43. The van der Waals surface area contributed by atoms with E-state index < -0.39 is 0 Å². The summed E-state index contributed by atoms with van der Waals surface area (Å²) in [5.74, 6) is 0.666. The van der Waals surface area contributed by atoms with Gasteiger partial charge in [0.2, 0.25) is 0 Å². The lowest BCUT2D eigenvalue weighted by Gasteiger charge is -2.41. The molecule has 178 valence electrons. The van der Waals surface area contributed by atoms with Gasteiger partial charge in [0.25, 0.3) is 5.91 Å². The molecule has 2 atom stereocenters. The Bertz CT molecular complexity index is 1020. The zero-order valence-corrected chi connectivity index (χ0v) is 20.1. The molecule has 1 aromatic heterocycles. The molecule has 2 aromatic rings. The van der Waals surface area contributed by atoms with Crippen molar-refractivity contribution in [3.05, 3.63) is 35.4 Å². The number of hydrogen-bond acceptors (Lipinski definition) is 5. The Hall–Kier alpha value is -2.51. The molecule has 3 N–H and O–H groups in total. The van der Waals surface area contributed by atoms with Crippen LogP contribution in [0.5, 0.6) is 0 Å². The third-order valence-electron chi connectivity index (χ3n) is 7.00. The fourth-order valence-corrected chi connectivity index (χ4v) is 5.06. The van der Waals surface area contributed by atoms with Crippen molar-refractivity contribution >= 4 is 28.5 Å². The molecule has 0 unspecified atom stereocenters. The van der Waals surface area contributed by atoms with Crippen LogP contribution in [-0.2, 0) is 4.74 Å². The van der Waals surface area contributed by atoms with Crippen molar-refractivity contribution in [1.29, 1.82) is 0 Å². The number of nitrogens with zero attached hydrogens (tertiary/aromatic N) is 3. The van der Waals surface area contributed by atoms with Gasteiger partial charge in [0.05, 0.1) is 17.2 Å². The molecule has 1 aliphatic carbocycles. The molecular formula is C26H37N5O2. The van der Waals surface area contributed by atoms with Crippen LogP contribution < -0.4 is 16.0 Å². The van der Waals surface area contributed by atoms with E-state index >= 15 is 0 Å². The van der Waals surface area contributed by atoms with E-state index in [0.29, 0.717) is 42.3 Å². The normalized spacial score (nSPS) is 22.6. The number of piperidine rings is 1. The number of aliphatic imine (C=N–C) groups is 1. The zero-order chi connectivity index (χ0) is 23.4. The molecule has 1 aliphatic heterocycles. The summed E-state index contributed by atoms with van der Waals surface area (Å²) >= 11 is 0. The number of carbonyl (C=O) groups excluding carboxylic acids is 1. The Kier molecular flexibility index (Phi) is 7.60. The fourth-order valence-electron chi connectivity index (χ4n) is 5.06. The van der Waals surface area contributed by atoms with Crippen LogP contribution in [-0.4, -0.2) is 55.1 Å². The molecule has 7 heteroatoms. The average molecular weight is 452 g/mol.